The van der Waals surface area contributed by atoms with E-state index in [1.807, 2.05) is 5.06 Å². The average molecular weight is 294 g/mol. The molecule has 114 valence electrons. The van der Waals surface area contributed by atoms with E-state index in [2.05, 4.69) is 65.8 Å². The van der Waals surface area contributed by atoms with E-state index in [4.69, 9.17) is 4.84 Å². The Bertz CT molecular complexity index is 706. The third-order valence-corrected chi connectivity index (χ3v) is 4.06. The second-order valence-corrected chi connectivity index (χ2v) is 5.46. The standard InChI is InChI=1S/C19H22N2O/c1-22-21(13-11-16-7-3-2-4-8-16)14-12-17-15-20-19-10-6-5-9-18(17)19/h2-10,15,20H,11-14H2,1H3. The highest BCUT2D eigenvalue weighted by molar-refractivity contribution is 5.83. The van der Waals surface area contributed by atoms with Gasteiger partial charge >= 0.3 is 0 Å². The molecule has 0 fully saturated rings. The molecule has 0 aliphatic heterocycles. The molecule has 3 heteroatoms. The second kappa shape index (κ2) is 7.25. The van der Waals surface area contributed by atoms with Gasteiger partial charge in [0.1, 0.15) is 0 Å². The van der Waals surface area contributed by atoms with Crippen molar-refractivity contribution in [2.24, 2.45) is 0 Å². The lowest BCUT2D eigenvalue weighted by atomic mass is 10.1. The summed E-state index contributed by atoms with van der Waals surface area (Å²) >= 11 is 0. The van der Waals surface area contributed by atoms with Crippen LogP contribution in [0.5, 0.6) is 0 Å². The molecule has 0 radical (unpaired) electrons. The molecule has 0 unspecified atom stereocenters. The first-order chi connectivity index (χ1) is 10.9. The van der Waals surface area contributed by atoms with Gasteiger partial charge in [-0.05, 0) is 30.0 Å². The molecule has 1 N–H and O–H groups in total. The lowest BCUT2D eigenvalue weighted by Crippen LogP contribution is -2.27. The van der Waals surface area contributed by atoms with Crippen molar-refractivity contribution in [2.45, 2.75) is 12.8 Å². The highest BCUT2D eigenvalue weighted by Crippen LogP contribution is 2.18. The Kier molecular flexibility index (Phi) is 4.88. The molecule has 0 atom stereocenters. The molecule has 0 amide bonds. The Morgan fingerprint density at radius 2 is 1.64 bits per heavy atom. The van der Waals surface area contributed by atoms with Gasteiger partial charge in [0.2, 0.25) is 0 Å². The highest BCUT2D eigenvalue weighted by Gasteiger charge is 2.07. The number of aromatic nitrogens is 1. The Labute approximate surface area is 131 Å². The third-order valence-electron chi connectivity index (χ3n) is 4.06. The monoisotopic (exact) mass is 294 g/mol. The van der Waals surface area contributed by atoms with Crippen LogP contribution in [-0.4, -0.2) is 30.2 Å². The lowest BCUT2D eigenvalue weighted by molar-refractivity contribution is -0.129. The molecule has 1 aromatic heterocycles. The molecule has 0 bridgehead atoms. The van der Waals surface area contributed by atoms with Crippen LogP contribution in [0.2, 0.25) is 0 Å². The van der Waals surface area contributed by atoms with E-state index in [0.29, 0.717) is 0 Å². The van der Waals surface area contributed by atoms with Gasteiger partial charge in [0.05, 0.1) is 7.11 Å². The molecular weight excluding hydrogens is 272 g/mol. The lowest BCUT2D eigenvalue weighted by Gasteiger charge is -2.19. The second-order valence-electron chi connectivity index (χ2n) is 5.46. The minimum absolute atomic E-state index is 0.894. The van der Waals surface area contributed by atoms with Gasteiger partial charge in [0.25, 0.3) is 0 Å². The molecule has 3 aromatic rings. The van der Waals surface area contributed by atoms with Crippen LogP contribution in [0, 0.1) is 0 Å². The zero-order valence-electron chi connectivity index (χ0n) is 13.0. The van der Waals surface area contributed by atoms with Gasteiger partial charge in [-0.15, -0.1) is 0 Å². The van der Waals surface area contributed by atoms with E-state index in [-0.39, 0.29) is 0 Å². The number of fused-ring (bicyclic) bond motifs is 1. The molecule has 0 saturated carbocycles. The Balaban J connectivity index is 1.57. The summed E-state index contributed by atoms with van der Waals surface area (Å²) in [5.74, 6) is 0. The van der Waals surface area contributed by atoms with Gasteiger partial charge in [-0.3, -0.25) is 0 Å². The van der Waals surface area contributed by atoms with Crippen molar-refractivity contribution >= 4 is 10.9 Å². The third kappa shape index (κ3) is 3.56. The predicted octanol–water partition coefficient (Wildman–Crippen LogP) is 3.82. The summed E-state index contributed by atoms with van der Waals surface area (Å²) in [6, 6.07) is 19.0. The first kappa shape index (κ1) is 14.8. The van der Waals surface area contributed by atoms with Crippen LogP contribution in [0.15, 0.2) is 60.8 Å². The number of rotatable bonds is 7. The summed E-state index contributed by atoms with van der Waals surface area (Å²) in [6.45, 7) is 1.80. The number of benzene rings is 2. The van der Waals surface area contributed by atoms with Crippen molar-refractivity contribution in [3.05, 3.63) is 71.9 Å². The summed E-state index contributed by atoms with van der Waals surface area (Å²) < 4.78 is 0. The SMILES string of the molecule is CON(CCc1ccccc1)CCc1c[nH]c2ccccc12. The Morgan fingerprint density at radius 3 is 2.45 bits per heavy atom. The Hall–Kier alpha value is -2.10. The summed E-state index contributed by atoms with van der Waals surface area (Å²) in [5, 5.41) is 3.34. The molecule has 3 nitrogen and oxygen atoms in total. The summed E-state index contributed by atoms with van der Waals surface area (Å²) in [6.07, 6.45) is 4.09. The minimum atomic E-state index is 0.894. The summed E-state index contributed by atoms with van der Waals surface area (Å²) in [4.78, 5) is 8.83. The van der Waals surface area contributed by atoms with Crippen LogP contribution in [-0.2, 0) is 17.7 Å². The van der Waals surface area contributed by atoms with Gasteiger partial charge in [0, 0.05) is 30.2 Å². The van der Waals surface area contributed by atoms with Crippen LogP contribution in [0.25, 0.3) is 10.9 Å². The van der Waals surface area contributed by atoms with Crippen molar-refractivity contribution in [3.8, 4) is 0 Å². The maximum atomic E-state index is 5.51. The summed E-state index contributed by atoms with van der Waals surface area (Å²) in [5.41, 5.74) is 3.89. The first-order valence-electron chi connectivity index (χ1n) is 7.75. The molecular formula is C19H22N2O. The zero-order valence-corrected chi connectivity index (χ0v) is 13.0. The van der Waals surface area contributed by atoms with Gasteiger partial charge in [-0.2, -0.15) is 5.06 Å². The van der Waals surface area contributed by atoms with Gasteiger partial charge in [-0.25, -0.2) is 0 Å². The number of hydrogen-bond donors (Lipinski definition) is 1. The predicted molar refractivity (Wildman–Crippen MR) is 90.7 cm³/mol. The molecule has 1 heterocycles. The smallest absolute Gasteiger partial charge is 0.0575 e. The molecule has 2 aromatic carbocycles. The van der Waals surface area contributed by atoms with E-state index >= 15 is 0 Å². The molecule has 0 aliphatic rings. The van der Waals surface area contributed by atoms with Crippen LogP contribution >= 0.6 is 0 Å². The van der Waals surface area contributed by atoms with E-state index < -0.39 is 0 Å². The normalized spacial score (nSPS) is 11.4. The number of H-pyrrole nitrogens is 1. The van der Waals surface area contributed by atoms with Gasteiger partial charge < -0.3 is 9.82 Å². The molecule has 0 aliphatic carbocycles. The molecule has 0 saturated heterocycles. The fraction of sp³-hybridized carbons (Fsp3) is 0.263. The fourth-order valence-electron chi connectivity index (χ4n) is 2.78. The quantitative estimate of drug-likeness (QED) is 0.671. The number of hydrogen-bond acceptors (Lipinski definition) is 2. The number of para-hydroxylation sites is 1. The molecule has 0 spiro atoms. The van der Waals surface area contributed by atoms with Crippen LogP contribution in [0.3, 0.4) is 0 Å². The number of hydroxylamine groups is 2. The van der Waals surface area contributed by atoms with Crippen molar-refractivity contribution < 1.29 is 4.84 Å². The van der Waals surface area contributed by atoms with Crippen molar-refractivity contribution in [2.75, 3.05) is 20.2 Å². The maximum absolute atomic E-state index is 5.51. The van der Waals surface area contributed by atoms with Crippen LogP contribution < -0.4 is 0 Å². The zero-order chi connectivity index (χ0) is 15.2. The first-order valence-corrected chi connectivity index (χ1v) is 7.75. The van der Waals surface area contributed by atoms with E-state index in [9.17, 15) is 0 Å². The highest BCUT2D eigenvalue weighted by atomic mass is 16.7. The summed E-state index contributed by atoms with van der Waals surface area (Å²) in [7, 11) is 1.75. The number of aromatic amines is 1. The largest absolute Gasteiger partial charge is 0.361 e. The molecule has 3 rings (SSSR count). The van der Waals surface area contributed by atoms with Crippen LogP contribution in [0.1, 0.15) is 11.1 Å². The topological polar surface area (TPSA) is 28.3 Å². The van der Waals surface area contributed by atoms with E-state index in [0.717, 1.165) is 25.9 Å². The maximum Gasteiger partial charge on any atom is 0.0575 e. The fourth-order valence-corrected chi connectivity index (χ4v) is 2.78. The molecule has 22 heavy (non-hydrogen) atoms. The minimum Gasteiger partial charge on any atom is -0.361 e. The van der Waals surface area contributed by atoms with E-state index in [1.54, 1.807) is 7.11 Å². The van der Waals surface area contributed by atoms with Crippen molar-refractivity contribution in [3.63, 3.8) is 0 Å². The van der Waals surface area contributed by atoms with E-state index in [1.165, 1.54) is 22.0 Å². The van der Waals surface area contributed by atoms with Crippen molar-refractivity contribution in [1.29, 1.82) is 0 Å². The van der Waals surface area contributed by atoms with Gasteiger partial charge in [-0.1, -0.05) is 48.5 Å². The average Bonchev–Trinajstić information content (AvgIpc) is 2.99. The van der Waals surface area contributed by atoms with Crippen LogP contribution in [0.4, 0.5) is 0 Å². The van der Waals surface area contributed by atoms with Gasteiger partial charge in [0.15, 0.2) is 0 Å². The number of nitrogens with zero attached hydrogens (tertiary/aromatic N) is 1. The Morgan fingerprint density at radius 1 is 0.909 bits per heavy atom. The number of nitrogens with one attached hydrogen (secondary N) is 1. The van der Waals surface area contributed by atoms with Crippen molar-refractivity contribution in [1.82, 2.24) is 10.0 Å².